The number of fused-ring (bicyclic) bond motifs is 3. The van der Waals surface area contributed by atoms with Gasteiger partial charge in [-0.05, 0) is 62.7 Å². The zero-order chi connectivity index (χ0) is 16.8. The Kier molecular flexibility index (Phi) is 4.20. The van der Waals surface area contributed by atoms with E-state index in [1.165, 1.54) is 5.57 Å². The molecule has 5 atom stereocenters. The molecular formula is C20H30O3. The van der Waals surface area contributed by atoms with Gasteiger partial charge in [0.25, 0.3) is 0 Å². The van der Waals surface area contributed by atoms with Crippen LogP contribution in [0.4, 0.5) is 0 Å². The van der Waals surface area contributed by atoms with Crippen LogP contribution < -0.4 is 0 Å². The molecule has 2 saturated carbocycles. The number of hydrogen-bond donors (Lipinski definition) is 2. The van der Waals surface area contributed by atoms with E-state index in [1.807, 2.05) is 0 Å². The van der Waals surface area contributed by atoms with Gasteiger partial charge in [0.15, 0.2) is 0 Å². The second-order valence-electron chi connectivity index (χ2n) is 8.44. The average Bonchev–Trinajstić information content (AvgIpc) is 2.83. The summed E-state index contributed by atoms with van der Waals surface area (Å²) in [6, 6.07) is 0. The highest BCUT2D eigenvalue weighted by Crippen LogP contribution is 2.65. The molecule has 23 heavy (non-hydrogen) atoms. The predicted octanol–water partition coefficient (Wildman–Crippen LogP) is 4.03. The van der Waals surface area contributed by atoms with Crippen LogP contribution in [0.1, 0.15) is 52.9 Å². The SMILES string of the molecule is CC1=CCC2(CO)CCC3(C(=O)O)C(C(C)C)CCC3C2C=C1. The first-order chi connectivity index (χ1) is 10.9. The minimum absolute atomic E-state index is 0.156. The molecule has 0 amide bonds. The van der Waals surface area contributed by atoms with Crippen molar-refractivity contribution < 1.29 is 15.0 Å². The van der Waals surface area contributed by atoms with Crippen LogP contribution in [0.25, 0.3) is 0 Å². The van der Waals surface area contributed by atoms with Gasteiger partial charge in [0.1, 0.15) is 0 Å². The number of carboxylic acid groups (broad SMARTS) is 1. The van der Waals surface area contributed by atoms with Crippen molar-refractivity contribution in [1.82, 2.24) is 0 Å². The summed E-state index contributed by atoms with van der Waals surface area (Å²) in [5, 5.41) is 20.4. The molecule has 5 unspecified atom stereocenters. The highest BCUT2D eigenvalue weighted by atomic mass is 16.4. The van der Waals surface area contributed by atoms with Gasteiger partial charge in [-0.3, -0.25) is 4.79 Å². The quantitative estimate of drug-likeness (QED) is 0.826. The van der Waals surface area contributed by atoms with E-state index in [2.05, 4.69) is 39.0 Å². The molecule has 3 aliphatic rings. The summed E-state index contributed by atoms with van der Waals surface area (Å²) in [7, 11) is 0. The molecule has 2 fully saturated rings. The Balaban J connectivity index is 2.06. The Morgan fingerprint density at radius 3 is 2.70 bits per heavy atom. The molecule has 0 aliphatic heterocycles. The van der Waals surface area contributed by atoms with Crippen LogP contribution in [0.15, 0.2) is 23.8 Å². The topological polar surface area (TPSA) is 57.5 Å². The van der Waals surface area contributed by atoms with Crippen molar-refractivity contribution in [2.45, 2.75) is 52.9 Å². The smallest absolute Gasteiger partial charge is 0.310 e. The number of carboxylic acids is 1. The van der Waals surface area contributed by atoms with Crippen molar-refractivity contribution in [1.29, 1.82) is 0 Å². The summed E-state index contributed by atoms with van der Waals surface area (Å²) in [6.07, 6.45) is 11.0. The number of aliphatic hydroxyl groups excluding tert-OH is 1. The van der Waals surface area contributed by atoms with E-state index in [-0.39, 0.29) is 29.8 Å². The molecule has 3 rings (SSSR count). The number of rotatable bonds is 3. The van der Waals surface area contributed by atoms with Crippen LogP contribution in [0.2, 0.25) is 0 Å². The lowest BCUT2D eigenvalue weighted by molar-refractivity contribution is -0.166. The third-order valence-corrected chi connectivity index (χ3v) is 7.20. The van der Waals surface area contributed by atoms with Crippen LogP contribution in [0, 0.1) is 34.5 Å². The molecule has 0 saturated heterocycles. The molecule has 0 bridgehead atoms. The van der Waals surface area contributed by atoms with E-state index in [4.69, 9.17) is 0 Å². The van der Waals surface area contributed by atoms with Crippen LogP contribution in [0.5, 0.6) is 0 Å². The largest absolute Gasteiger partial charge is 0.481 e. The molecule has 128 valence electrons. The Morgan fingerprint density at radius 2 is 2.09 bits per heavy atom. The van der Waals surface area contributed by atoms with Gasteiger partial charge in [-0.1, -0.05) is 37.6 Å². The zero-order valence-electron chi connectivity index (χ0n) is 14.6. The van der Waals surface area contributed by atoms with E-state index in [0.717, 1.165) is 25.7 Å². The number of aliphatic carboxylic acids is 1. The maximum absolute atomic E-state index is 12.4. The van der Waals surface area contributed by atoms with Gasteiger partial charge in [0, 0.05) is 12.0 Å². The lowest BCUT2D eigenvalue weighted by atomic mass is 9.50. The molecule has 3 aliphatic carbocycles. The van der Waals surface area contributed by atoms with Gasteiger partial charge in [0.2, 0.25) is 0 Å². The van der Waals surface area contributed by atoms with Crippen LogP contribution in [-0.4, -0.2) is 22.8 Å². The minimum atomic E-state index is -0.604. The first-order valence-corrected chi connectivity index (χ1v) is 9.06. The summed E-state index contributed by atoms with van der Waals surface area (Å²) in [6.45, 7) is 6.58. The second-order valence-corrected chi connectivity index (χ2v) is 8.44. The Bertz CT molecular complexity index is 547. The van der Waals surface area contributed by atoms with E-state index in [0.29, 0.717) is 12.3 Å². The fourth-order valence-electron chi connectivity index (χ4n) is 5.93. The summed E-state index contributed by atoms with van der Waals surface area (Å²) in [5.74, 6) is 0.381. The molecule has 0 heterocycles. The van der Waals surface area contributed by atoms with Crippen molar-refractivity contribution in [3.05, 3.63) is 23.8 Å². The second kappa shape index (κ2) is 5.77. The molecule has 3 heteroatoms. The average molecular weight is 318 g/mol. The summed E-state index contributed by atoms with van der Waals surface area (Å²) >= 11 is 0. The summed E-state index contributed by atoms with van der Waals surface area (Å²) in [5.41, 5.74) is 0.468. The van der Waals surface area contributed by atoms with Crippen LogP contribution in [0.3, 0.4) is 0 Å². The van der Waals surface area contributed by atoms with Crippen molar-refractivity contribution in [3.8, 4) is 0 Å². The molecule has 0 spiro atoms. The molecule has 0 aromatic rings. The van der Waals surface area contributed by atoms with Gasteiger partial charge >= 0.3 is 5.97 Å². The van der Waals surface area contributed by atoms with E-state index in [9.17, 15) is 15.0 Å². The number of aliphatic hydroxyl groups is 1. The third-order valence-electron chi connectivity index (χ3n) is 7.20. The maximum atomic E-state index is 12.4. The molecule has 0 aromatic heterocycles. The predicted molar refractivity (Wildman–Crippen MR) is 90.9 cm³/mol. The summed E-state index contributed by atoms with van der Waals surface area (Å²) in [4.78, 5) is 12.4. The minimum Gasteiger partial charge on any atom is -0.481 e. The molecule has 2 N–H and O–H groups in total. The lowest BCUT2D eigenvalue weighted by Crippen LogP contribution is -2.53. The first kappa shape index (κ1) is 16.8. The Hall–Kier alpha value is -1.09. The van der Waals surface area contributed by atoms with Crippen molar-refractivity contribution in [3.63, 3.8) is 0 Å². The van der Waals surface area contributed by atoms with Gasteiger partial charge in [-0.2, -0.15) is 0 Å². The monoisotopic (exact) mass is 318 g/mol. The van der Waals surface area contributed by atoms with Crippen molar-refractivity contribution >= 4 is 5.97 Å². The Morgan fingerprint density at radius 1 is 1.35 bits per heavy atom. The standard InChI is InChI=1S/C20H30O3/c1-13(2)15-6-7-17-16-5-4-14(3)8-9-19(16,12-21)10-11-20(15,17)18(22)23/h4-5,8,13,15-17,21H,6-7,9-12H2,1-3H3,(H,22,23). The highest BCUT2D eigenvalue weighted by Gasteiger charge is 2.64. The maximum Gasteiger partial charge on any atom is 0.310 e. The van der Waals surface area contributed by atoms with Gasteiger partial charge in [0.05, 0.1) is 5.41 Å². The lowest BCUT2D eigenvalue weighted by Gasteiger charge is -2.53. The normalized spacial score (nSPS) is 42.8. The zero-order valence-corrected chi connectivity index (χ0v) is 14.6. The van der Waals surface area contributed by atoms with Crippen molar-refractivity contribution in [2.24, 2.45) is 34.5 Å². The van der Waals surface area contributed by atoms with Crippen LogP contribution >= 0.6 is 0 Å². The highest BCUT2D eigenvalue weighted by molar-refractivity contribution is 5.76. The Labute approximate surface area is 139 Å². The molecule has 0 aromatic carbocycles. The van der Waals surface area contributed by atoms with Crippen LogP contribution in [-0.2, 0) is 4.79 Å². The molecular weight excluding hydrogens is 288 g/mol. The van der Waals surface area contributed by atoms with E-state index in [1.54, 1.807) is 0 Å². The van der Waals surface area contributed by atoms with Gasteiger partial charge in [-0.25, -0.2) is 0 Å². The van der Waals surface area contributed by atoms with Gasteiger partial charge in [-0.15, -0.1) is 0 Å². The molecule has 3 nitrogen and oxygen atoms in total. The fourth-order valence-corrected chi connectivity index (χ4v) is 5.93. The molecule has 0 radical (unpaired) electrons. The van der Waals surface area contributed by atoms with E-state index >= 15 is 0 Å². The number of carbonyl (C=O) groups is 1. The third kappa shape index (κ3) is 2.31. The number of allylic oxidation sites excluding steroid dienone is 4. The van der Waals surface area contributed by atoms with E-state index < -0.39 is 11.4 Å². The first-order valence-electron chi connectivity index (χ1n) is 9.06. The van der Waals surface area contributed by atoms with Crippen molar-refractivity contribution in [2.75, 3.05) is 6.61 Å². The van der Waals surface area contributed by atoms with Gasteiger partial charge < -0.3 is 10.2 Å². The number of hydrogen-bond acceptors (Lipinski definition) is 2. The fraction of sp³-hybridized carbons (Fsp3) is 0.750. The summed E-state index contributed by atoms with van der Waals surface area (Å²) < 4.78 is 0.